The Hall–Kier alpha value is -3.25. The minimum absolute atomic E-state index is 0.203. The van der Waals surface area contributed by atoms with Gasteiger partial charge in [-0.2, -0.15) is 0 Å². The van der Waals surface area contributed by atoms with Crippen LogP contribution < -0.4 is 14.9 Å². The molecule has 4 aromatic rings. The third-order valence-electron chi connectivity index (χ3n) is 6.76. The van der Waals surface area contributed by atoms with Gasteiger partial charge >= 0.3 is 0 Å². The largest absolute Gasteiger partial charge is 0.272 e. The molecule has 7 heteroatoms. The summed E-state index contributed by atoms with van der Waals surface area (Å²) in [6, 6.07) is 21.4. The normalized spacial score (nSPS) is 18.5. The van der Waals surface area contributed by atoms with Crippen molar-refractivity contribution in [3.8, 4) is 0 Å². The standard InChI is InChI=1S/C30H21Cl2FN2OS/c31-23-13-4-1-8-18(23)16-20-10-7-12-22-27(20)34-30-35(28(22)21-11-3-5-14-24(21)32)29(36)26(37-30)17-19-9-2-6-15-25(19)33/h1-6,8-9,11,13-17,28H,7,10,12H2/b20-16+,26-17+/t28-/m1/s1. The van der Waals surface area contributed by atoms with E-state index in [2.05, 4.69) is 6.08 Å². The predicted molar refractivity (Wildman–Crippen MR) is 149 cm³/mol. The lowest BCUT2D eigenvalue weighted by atomic mass is 9.84. The summed E-state index contributed by atoms with van der Waals surface area (Å²) in [5.41, 5.74) is 4.97. The Morgan fingerprint density at radius 2 is 1.59 bits per heavy atom. The minimum atomic E-state index is -0.391. The van der Waals surface area contributed by atoms with Crippen molar-refractivity contribution in [3.05, 3.63) is 142 Å². The molecular formula is C30H21Cl2FN2OS. The van der Waals surface area contributed by atoms with Gasteiger partial charge in [0.2, 0.25) is 0 Å². The lowest BCUT2D eigenvalue weighted by Crippen LogP contribution is -2.39. The van der Waals surface area contributed by atoms with E-state index in [-0.39, 0.29) is 11.4 Å². The molecule has 0 unspecified atom stereocenters. The van der Waals surface area contributed by atoms with Crippen molar-refractivity contribution in [3.63, 3.8) is 0 Å². The molecule has 1 atom stereocenters. The molecule has 0 N–H and O–H groups in total. The average molecular weight is 547 g/mol. The van der Waals surface area contributed by atoms with Crippen LogP contribution in [0.15, 0.2) is 99.4 Å². The van der Waals surface area contributed by atoms with Crippen LogP contribution in [0.25, 0.3) is 12.2 Å². The SMILES string of the molecule is O=c1/c(=C\c2ccccc2F)sc2n1[C@H](c1ccccc1Cl)C1=C(N=2)/C(=C/c2ccccc2Cl)CCC1. The molecule has 2 aliphatic rings. The summed E-state index contributed by atoms with van der Waals surface area (Å²) in [6.07, 6.45) is 6.27. The number of benzene rings is 3. The van der Waals surface area contributed by atoms with Crippen molar-refractivity contribution >= 4 is 46.7 Å². The maximum atomic E-state index is 14.4. The third kappa shape index (κ3) is 4.42. The molecule has 1 aliphatic heterocycles. The molecule has 0 amide bonds. The first kappa shape index (κ1) is 24.1. The zero-order chi connectivity index (χ0) is 25.5. The Morgan fingerprint density at radius 3 is 2.35 bits per heavy atom. The summed E-state index contributed by atoms with van der Waals surface area (Å²) in [6.45, 7) is 0. The summed E-state index contributed by atoms with van der Waals surface area (Å²) >= 11 is 14.4. The van der Waals surface area contributed by atoms with E-state index < -0.39 is 6.04 Å². The quantitative estimate of drug-likeness (QED) is 0.274. The van der Waals surface area contributed by atoms with E-state index in [4.69, 9.17) is 28.2 Å². The second-order valence-electron chi connectivity index (χ2n) is 9.04. The Morgan fingerprint density at radius 1 is 0.892 bits per heavy atom. The monoisotopic (exact) mass is 546 g/mol. The number of allylic oxidation sites excluding steroid dienone is 2. The van der Waals surface area contributed by atoms with Crippen molar-refractivity contribution in [2.45, 2.75) is 25.3 Å². The number of nitrogens with zero attached hydrogens (tertiary/aromatic N) is 2. The summed E-state index contributed by atoms with van der Waals surface area (Å²) in [5, 5.41) is 1.27. The van der Waals surface area contributed by atoms with Crippen molar-refractivity contribution in [2.24, 2.45) is 4.99 Å². The molecule has 3 nitrogen and oxygen atoms in total. The van der Waals surface area contributed by atoms with Crippen LogP contribution in [-0.2, 0) is 0 Å². The van der Waals surface area contributed by atoms with Crippen molar-refractivity contribution in [1.82, 2.24) is 4.57 Å². The maximum absolute atomic E-state index is 14.4. The highest BCUT2D eigenvalue weighted by molar-refractivity contribution is 7.07. The first-order valence-electron chi connectivity index (χ1n) is 12.0. The molecule has 6 rings (SSSR count). The fourth-order valence-corrected chi connectivity index (χ4v) is 6.46. The van der Waals surface area contributed by atoms with Crippen molar-refractivity contribution in [1.29, 1.82) is 0 Å². The van der Waals surface area contributed by atoms with Crippen LogP contribution in [0.3, 0.4) is 0 Å². The third-order valence-corrected chi connectivity index (χ3v) is 8.43. The summed E-state index contributed by atoms with van der Waals surface area (Å²) < 4.78 is 16.6. The number of aromatic nitrogens is 1. The summed E-state index contributed by atoms with van der Waals surface area (Å²) in [7, 11) is 0. The number of hydrogen-bond donors (Lipinski definition) is 0. The van der Waals surface area contributed by atoms with Crippen LogP contribution in [-0.4, -0.2) is 4.57 Å². The molecule has 0 saturated heterocycles. The lowest BCUT2D eigenvalue weighted by Gasteiger charge is -2.31. The zero-order valence-electron chi connectivity index (χ0n) is 19.6. The molecule has 0 bridgehead atoms. The van der Waals surface area contributed by atoms with Crippen LogP contribution in [0.4, 0.5) is 4.39 Å². The van der Waals surface area contributed by atoms with Gasteiger partial charge in [0, 0.05) is 15.6 Å². The van der Waals surface area contributed by atoms with Crippen LogP contribution in [0, 0.1) is 5.82 Å². The van der Waals surface area contributed by atoms with Gasteiger partial charge in [0.25, 0.3) is 5.56 Å². The highest BCUT2D eigenvalue weighted by Gasteiger charge is 2.33. The second-order valence-corrected chi connectivity index (χ2v) is 10.9. The van der Waals surface area contributed by atoms with Gasteiger partial charge in [-0.3, -0.25) is 9.36 Å². The molecule has 3 aromatic carbocycles. The Balaban J connectivity index is 1.62. The molecule has 2 heterocycles. The van der Waals surface area contributed by atoms with Crippen LogP contribution in [0.5, 0.6) is 0 Å². The van der Waals surface area contributed by atoms with Crippen LogP contribution in [0.1, 0.15) is 42.0 Å². The van der Waals surface area contributed by atoms with E-state index in [9.17, 15) is 9.18 Å². The molecular weight excluding hydrogens is 526 g/mol. The number of halogens is 3. The first-order chi connectivity index (χ1) is 18.0. The molecule has 1 aromatic heterocycles. The molecule has 184 valence electrons. The molecule has 1 aliphatic carbocycles. The van der Waals surface area contributed by atoms with E-state index in [0.717, 1.165) is 47.2 Å². The molecule has 0 radical (unpaired) electrons. The molecule has 0 saturated carbocycles. The lowest BCUT2D eigenvalue weighted by molar-refractivity contribution is 0.553. The highest BCUT2D eigenvalue weighted by Crippen LogP contribution is 2.42. The van der Waals surface area contributed by atoms with Gasteiger partial charge in [-0.1, -0.05) is 89.1 Å². The highest BCUT2D eigenvalue weighted by atomic mass is 35.5. The fraction of sp³-hybridized carbons (Fsp3) is 0.133. The van der Waals surface area contributed by atoms with E-state index >= 15 is 0 Å². The van der Waals surface area contributed by atoms with E-state index in [1.807, 2.05) is 48.5 Å². The smallest absolute Gasteiger partial charge is 0.271 e. The van der Waals surface area contributed by atoms with Crippen LogP contribution >= 0.6 is 34.5 Å². The van der Waals surface area contributed by atoms with E-state index in [1.54, 1.807) is 28.8 Å². The van der Waals surface area contributed by atoms with Gasteiger partial charge in [0.15, 0.2) is 4.80 Å². The van der Waals surface area contributed by atoms with Gasteiger partial charge < -0.3 is 0 Å². The Labute approximate surface area is 227 Å². The number of fused-ring (bicyclic) bond motifs is 1. The maximum Gasteiger partial charge on any atom is 0.271 e. The number of hydrogen-bond acceptors (Lipinski definition) is 3. The van der Waals surface area contributed by atoms with Crippen molar-refractivity contribution < 1.29 is 4.39 Å². The number of rotatable bonds is 3. The Kier molecular flexibility index (Phi) is 6.45. The van der Waals surface area contributed by atoms with Gasteiger partial charge in [-0.05, 0) is 71.9 Å². The van der Waals surface area contributed by atoms with E-state index in [0.29, 0.717) is 24.9 Å². The zero-order valence-corrected chi connectivity index (χ0v) is 22.0. The minimum Gasteiger partial charge on any atom is -0.272 e. The van der Waals surface area contributed by atoms with Crippen molar-refractivity contribution in [2.75, 3.05) is 0 Å². The Bertz CT molecular complexity index is 1780. The van der Waals surface area contributed by atoms with Gasteiger partial charge in [0.05, 0.1) is 16.3 Å². The van der Waals surface area contributed by atoms with Gasteiger partial charge in [0.1, 0.15) is 5.82 Å². The molecule has 0 fully saturated rings. The van der Waals surface area contributed by atoms with Crippen LogP contribution in [0.2, 0.25) is 10.0 Å². The molecule has 37 heavy (non-hydrogen) atoms. The second kappa shape index (κ2) is 9.90. The molecule has 0 spiro atoms. The van der Waals surface area contributed by atoms with E-state index in [1.165, 1.54) is 17.4 Å². The summed E-state index contributed by atoms with van der Waals surface area (Å²) in [4.78, 5) is 19.4. The average Bonchev–Trinajstić information content (AvgIpc) is 3.21. The topological polar surface area (TPSA) is 34.4 Å². The summed E-state index contributed by atoms with van der Waals surface area (Å²) in [5.74, 6) is -0.375. The van der Waals surface area contributed by atoms with Gasteiger partial charge in [-0.25, -0.2) is 9.38 Å². The predicted octanol–water partition coefficient (Wildman–Crippen LogP) is 6.93. The van der Waals surface area contributed by atoms with Gasteiger partial charge in [-0.15, -0.1) is 0 Å². The first-order valence-corrected chi connectivity index (χ1v) is 13.6. The number of thiazole rings is 1. The fourth-order valence-electron chi connectivity index (χ4n) is 5.04.